The Morgan fingerprint density at radius 2 is 1.68 bits per heavy atom. The molecule has 0 fully saturated rings. The highest BCUT2D eigenvalue weighted by molar-refractivity contribution is 6.39. The van der Waals surface area contributed by atoms with Crippen LogP contribution in [0.5, 0.6) is 0 Å². The number of hydrogen-bond acceptors (Lipinski definition) is 3. The Labute approximate surface area is 148 Å². The van der Waals surface area contributed by atoms with E-state index in [9.17, 15) is 14.7 Å². The van der Waals surface area contributed by atoms with E-state index >= 15 is 0 Å². The first-order valence-electron chi connectivity index (χ1n) is 8.51. The van der Waals surface area contributed by atoms with E-state index in [1.165, 1.54) is 5.56 Å². The molecule has 2 rings (SSSR count). The second-order valence-electron chi connectivity index (χ2n) is 5.89. The lowest BCUT2D eigenvalue weighted by Crippen LogP contribution is -2.37. The van der Waals surface area contributed by atoms with Gasteiger partial charge in [0.25, 0.3) is 0 Å². The van der Waals surface area contributed by atoms with Crippen molar-refractivity contribution < 1.29 is 14.7 Å². The van der Waals surface area contributed by atoms with E-state index in [-0.39, 0.29) is 6.54 Å². The van der Waals surface area contributed by atoms with Crippen molar-refractivity contribution in [2.45, 2.75) is 32.3 Å². The van der Waals surface area contributed by atoms with Crippen molar-refractivity contribution in [3.05, 3.63) is 65.7 Å². The maximum Gasteiger partial charge on any atom is 0.313 e. The molecule has 1 atom stereocenters. The smallest absolute Gasteiger partial charge is 0.313 e. The highest BCUT2D eigenvalue weighted by Gasteiger charge is 2.15. The second-order valence-corrected chi connectivity index (χ2v) is 5.89. The quantitative estimate of drug-likeness (QED) is 0.678. The molecule has 5 nitrogen and oxygen atoms in total. The van der Waals surface area contributed by atoms with Crippen molar-refractivity contribution in [1.82, 2.24) is 5.32 Å². The number of aryl methyl sites for hydroxylation is 1. The van der Waals surface area contributed by atoms with E-state index in [1.54, 1.807) is 36.4 Å². The summed E-state index contributed by atoms with van der Waals surface area (Å²) in [5.41, 5.74) is 2.46. The van der Waals surface area contributed by atoms with Crippen LogP contribution in [0.4, 0.5) is 5.69 Å². The maximum atomic E-state index is 11.9. The Hall–Kier alpha value is -2.66. The number of benzene rings is 2. The topological polar surface area (TPSA) is 78.4 Å². The van der Waals surface area contributed by atoms with Crippen LogP contribution in [0.2, 0.25) is 0 Å². The van der Waals surface area contributed by atoms with E-state index in [1.807, 2.05) is 18.2 Å². The molecule has 0 radical (unpaired) electrons. The summed E-state index contributed by atoms with van der Waals surface area (Å²) in [7, 11) is 0. The van der Waals surface area contributed by atoms with Gasteiger partial charge in [-0.15, -0.1) is 0 Å². The number of aliphatic hydroxyl groups excluding tert-OH is 1. The molecule has 0 saturated heterocycles. The van der Waals surface area contributed by atoms with Gasteiger partial charge >= 0.3 is 11.8 Å². The standard InChI is InChI=1S/C20H24N2O3/c1-2-3-7-15-10-12-17(13-11-15)22-20(25)19(24)21-14-18(23)16-8-5-4-6-9-16/h4-6,8-13,18,23H,2-3,7,14H2,1H3,(H,21,24)(H,22,25). The molecule has 2 aromatic carbocycles. The summed E-state index contributed by atoms with van der Waals surface area (Å²) in [6.45, 7) is 2.12. The third-order valence-electron chi connectivity index (χ3n) is 3.88. The van der Waals surface area contributed by atoms with Crippen LogP contribution >= 0.6 is 0 Å². The maximum absolute atomic E-state index is 11.9. The summed E-state index contributed by atoms with van der Waals surface area (Å²) in [5.74, 6) is -1.52. The second kappa shape index (κ2) is 9.59. The van der Waals surface area contributed by atoms with Crippen LogP contribution < -0.4 is 10.6 Å². The predicted octanol–water partition coefficient (Wildman–Crippen LogP) is 2.82. The van der Waals surface area contributed by atoms with Gasteiger partial charge in [0.2, 0.25) is 0 Å². The molecule has 5 heteroatoms. The lowest BCUT2D eigenvalue weighted by atomic mass is 10.1. The van der Waals surface area contributed by atoms with Crippen LogP contribution in [-0.4, -0.2) is 23.5 Å². The van der Waals surface area contributed by atoms with Crippen molar-refractivity contribution in [1.29, 1.82) is 0 Å². The van der Waals surface area contributed by atoms with Crippen LogP contribution in [0.3, 0.4) is 0 Å². The van der Waals surface area contributed by atoms with Crippen molar-refractivity contribution in [2.24, 2.45) is 0 Å². The Kier molecular flexibility index (Phi) is 7.16. The fraction of sp³-hybridized carbons (Fsp3) is 0.300. The lowest BCUT2D eigenvalue weighted by Gasteiger charge is -2.12. The summed E-state index contributed by atoms with van der Waals surface area (Å²) < 4.78 is 0. The molecule has 3 N–H and O–H groups in total. The molecule has 0 aliphatic carbocycles. The highest BCUT2D eigenvalue weighted by Crippen LogP contribution is 2.12. The van der Waals surface area contributed by atoms with Gasteiger partial charge < -0.3 is 15.7 Å². The fourth-order valence-corrected chi connectivity index (χ4v) is 2.39. The van der Waals surface area contributed by atoms with Gasteiger partial charge in [-0.3, -0.25) is 9.59 Å². The van der Waals surface area contributed by atoms with Gasteiger partial charge in [-0.05, 0) is 36.1 Å². The molecule has 25 heavy (non-hydrogen) atoms. The molecule has 2 amide bonds. The van der Waals surface area contributed by atoms with E-state index in [2.05, 4.69) is 17.6 Å². The molecule has 0 heterocycles. The van der Waals surface area contributed by atoms with Crippen molar-refractivity contribution >= 4 is 17.5 Å². The average molecular weight is 340 g/mol. The van der Waals surface area contributed by atoms with Crippen molar-refractivity contribution in [3.8, 4) is 0 Å². The van der Waals surface area contributed by atoms with Crippen LogP contribution in [-0.2, 0) is 16.0 Å². The van der Waals surface area contributed by atoms with Crippen LogP contribution in [0.15, 0.2) is 54.6 Å². The van der Waals surface area contributed by atoms with Crippen LogP contribution in [0.25, 0.3) is 0 Å². The number of unbranched alkanes of at least 4 members (excludes halogenated alkanes) is 1. The van der Waals surface area contributed by atoms with Gasteiger partial charge in [-0.1, -0.05) is 55.8 Å². The first-order chi connectivity index (χ1) is 12.1. The first-order valence-corrected chi connectivity index (χ1v) is 8.51. The zero-order valence-corrected chi connectivity index (χ0v) is 14.4. The van der Waals surface area contributed by atoms with Gasteiger partial charge in [-0.25, -0.2) is 0 Å². The molecule has 0 spiro atoms. The van der Waals surface area contributed by atoms with Gasteiger partial charge in [0.05, 0.1) is 6.10 Å². The minimum absolute atomic E-state index is 0.0216. The molecule has 1 unspecified atom stereocenters. The third kappa shape index (κ3) is 6.04. The SMILES string of the molecule is CCCCc1ccc(NC(=O)C(=O)NCC(O)c2ccccc2)cc1. The van der Waals surface area contributed by atoms with E-state index in [0.717, 1.165) is 19.3 Å². The molecular weight excluding hydrogens is 316 g/mol. The summed E-state index contributed by atoms with van der Waals surface area (Å²) >= 11 is 0. The molecule has 0 aliphatic heterocycles. The molecule has 0 aromatic heterocycles. The summed E-state index contributed by atoms with van der Waals surface area (Å²) in [6, 6.07) is 16.4. The molecule has 132 valence electrons. The Morgan fingerprint density at radius 3 is 2.32 bits per heavy atom. The number of anilines is 1. The summed E-state index contributed by atoms with van der Waals surface area (Å²) in [4.78, 5) is 23.8. The minimum Gasteiger partial charge on any atom is -0.387 e. The number of rotatable bonds is 7. The average Bonchev–Trinajstić information content (AvgIpc) is 2.65. The lowest BCUT2D eigenvalue weighted by molar-refractivity contribution is -0.136. The van der Waals surface area contributed by atoms with Gasteiger partial charge in [0.15, 0.2) is 0 Å². The summed E-state index contributed by atoms with van der Waals surface area (Å²) in [6.07, 6.45) is 2.41. The summed E-state index contributed by atoms with van der Waals surface area (Å²) in [5, 5.41) is 15.0. The molecule has 0 saturated carbocycles. The van der Waals surface area contributed by atoms with Gasteiger partial charge in [0, 0.05) is 12.2 Å². The predicted molar refractivity (Wildman–Crippen MR) is 98.1 cm³/mol. The monoisotopic (exact) mass is 340 g/mol. The number of nitrogens with one attached hydrogen (secondary N) is 2. The van der Waals surface area contributed by atoms with E-state index < -0.39 is 17.9 Å². The Balaban J connectivity index is 1.80. The zero-order valence-electron chi connectivity index (χ0n) is 14.4. The fourth-order valence-electron chi connectivity index (χ4n) is 2.39. The van der Waals surface area contributed by atoms with Gasteiger partial charge in [0.1, 0.15) is 0 Å². The highest BCUT2D eigenvalue weighted by atomic mass is 16.3. The zero-order chi connectivity index (χ0) is 18.1. The molecule has 0 bridgehead atoms. The van der Waals surface area contributed by atoms with Crippen molar-refractivity contribution in [3.63, 3.8) is 0 Å². The Bertz CT molecular complexity index is 684. The minimum atomic E-state index is -0.851. The molecule has 2 aromatic rings. The molecule has 0 aliphatic rings. The Morgan fingerprint density at radius 1 is 1.00 bits per heavy atom. The number of carbonyl (C=O) groups is 2. The van der Waals surface area contributed by atoms with E-state index in [4.69, 9.17) is 0 Å². The number of aliphatic hydroxyl groups is 1. The number of amides is 2. The normalized spacial score (nSPS) is 11.6. The largest absolute Gasteiger partial charge is 0.387 e. The van der Waals surface area contributed by atoms with Crippen molar-refractivity contribution in [2.75, 3.05) is 11.9 Å². The van der Waals surface area contributed by atoms with E-state index in [0.29, 0.717) is 11.3 Å². The number of hydrogen-bond donors (Lipinski definition) is 3. The molecular formula is C20H24N2O3. The first kappa shape index (κ1) is 18.7. The van der Waals surface area contributed by atoms with Crippen LogP contribution in [0, 0.1) is 0 Å². The number of carbonyl (C=O) groups excluding carboxylic acids is 2. The van der Waals surface area contributed by atoms with Crippen LogP contribution in [0.1, 0.15) is 37.0 Å². The third-order valence-corrected chi connectivity index (χ3v) is 3.88. The van der Waals surface area contributed by atoms with Gasteiger partial charge in [-0.2, -0.15) is 0 Å².